The highest BCUT2D eigenvalue weighted by Crippen LogP contribution is 2.14. The Morgan fingerprint density at radius 2 is 1.22 bits per heavy atom. The van der Waals surface area contributed by atoms with Crippen LogP contribution in [0.2, 0.25) is 10.0 Å². The summed E-state index contributed by atoms with van der Waals surface area (Å²) in [7, 11) is 0. The Bertz CT molecular complexity index is 533. The van der Waals surface area contributed by atoms with Gasteiger partial charge in [-0.05, 0) is 48.0 Å². The van der Waals surface area contributed by atoms with E-state index in [0.29, 0.717) is 10.0 Å². The summed E-state index contributed by atoms with van der Waals surface area (Å²) < 4.78 is 0. The molecule has 0 saturated carbocycles. The molecule has 0 heterocycles. The monoisotopic (exact) mass is 278 g/mol. The van der Waals surface area contributed by atoms with Gasteiger partial charge in [-0.15, -0.1) is 0 Å². The second-order valence-electron chi connectivity index (χ2n) is 4.42. The fraction of sp³-hybridized carbons (Fsp3) is 0.143. The van der Waals surface area contributed by atoms with Gasteiger partial charge in [-0.2, -0.15) is 0 Å². The van der Waals surface area contributed by atoms with Crippen molar-refractivity contribution < 1.29 is 5.02 Å². The van der Waals surface area contributed by atoms with Crippen LogP contribution in [0.1, 0.15) is 11.1 Å². The number of halogens is 2. The van der Waals surface area contributed by atoms with Crippen molar-refractivity contribution in [2.75, 3.05) is 0 Å². The lowest BCUT2D eigenvalue weighted by atomic mass is 9.56. The van der Waals surface area contributed by atoms with Crippen molar-refractivity contribution in [3.05, 3.63) is 57.6 Å². The molecule has 0 amide bonds. The van der Waals surface area contributed by atoms with E-state index in [1.54, 1.807) is 12.1 Å². The van der Waals surface area contributed by atoms with Gasteiger partial charge in [-0.1, -0.05) is 47.5 Å². The van der Waals surface area contributed by atoms with Crippen LogP contribution in [0, 0.1) is 13.8 Å². The van der Waals surface area contributed by atoms with Crippen LogP contribution in [0.4, 0.5) is 0 Å². The van der Waals surface area contributed by atoms with E-state index in [2.05, 4.69) is 0 Å². The second kappa shape index (κ2) is 5.35. The molecular weight excluding hydrogens is 266 g/mol. The first-order chi connectivity index (χ1) is 8.49. The zero-order valence-corrected chi connectivity index (χ0v) is 11.8. The zero-order chi connectivity index (χ0) is 13.3. The third kappa shape index (κ3) is 2.72. The van der Waals surface area contributed by atoms with Gasteiger partial charge in [0, 0.05) is 10.0 Å². The molecule has 2 aromatic rings. The molecule has 2 aromatic carbocycles. The first-order valence-electron chi connectivity index (χ1n) is 5.69. The maximum atomic E-state index is 10.3. The number of rotatable bonds is 2. The van der Waals surface area contributed by atoms with E-state index in [1.165, 1.54) is 0 Å². The Morgan fingerprint density at radius 1 is 0.833 bits per heavy atom. The first-order valence-corrected chi connectivity index (χ1v) is 6.45. The largest absolute Gasteiger partial charge is 0.443 e. The van der Waals surface area contributed by atoms with Gasteiger partial charge in [0.15, 0.2) is 0 Å². The highest BCUT2D eigenvalue weighted by atomic mass is 35.5. The predicted octanol–water partition coefficient (Wildman–Crippen LogP) is 2.71. The Kier molecular flexibility index (Phi) is 4.01. The molecule has 0 atom stereocenters. The average Bonchev–Trinajstić information content (AvgIpc) is 2.35. The minimum Gasteiger partial charge on any atom is -0.443 e. The summed E-state index contributed by atoms with van der Waals surface area (Å²) >= 11 is 12.1. The van der Waals surface area contributed by atoms with Gasteiger partial charge in [0.2, 0.25) is 0 Å². The molecule has 92 valence electrons. The van der Waals surface area contributed by atoms with Crippen LogP contribution >= 0.6 is 23.2 Å². The van der Waals surface area contributed by atoms with Gasteiger partial charge >= 0.3 is 6.92 Å². The van der Waals surface area contributed by atoms with E-state index in [9.17, 15) is 5.02 Å². The number of hydrogen-bond acceptors (Lipinski definition) is 1. The molecule has 2 rings (SSSR count). The lowest BCUT2D eigenvalue weighted by molar-refractivity contribution is 0.600. The summed E-state index contributed by atoms with van der Waals surface area (Å²) in [6.07, 6.45) is 0. The van der Waals surface area contributed by atoms with Crippen molar-refractivity contribution in [1.29, 1.82) is 0 Å². The van der Waals surface area contributed by atoms with Gasteiger partial charge in [-0.3, -0.25) is 0 Å². The Hall–Kier alpha value is -0.955. The lowest BCUT2D eigenvalue weighted by Crippen LogP contribution is -2.42. The van der Waals surface area contributed by atoms with Crippen LogP contribution in [0.15, 0.2) is 36.4 Å². The van der Waals surface area contributed by atoms with Crippen molar-refractivity contribution in [2.24, 2.45) is 0 Å². The van der Waals surface area contributed by atoms with Gasteiger partial charge < -0.3 is 5.02 Å². The quantitative estimate of drug-likeness (QED) is 0.838. The number of aryl methyl sites for hydroxylation is 2. The van der Waals surface area contributed by atoms with E-state index in [0.717, 1.165) is 22.1 Å². The summed E-state index contributed by atoms with van der Waals surface area (Å²) in [5, 5.41) is 11.6. The van der Waals surface area contributed by atoms with E-state index >= 15 is 0 Å². The zero-order valence-electron chi connectivity index (χ0n) is 10.2. The molecule has 0 unspecified atom stereocenters. The molecule has 0 fully saturated rings. The maximum Gasteiger partial charge on any atom is 0.359 e. The van der Waals surface area contributed by atoms with Crippen LogP contribution in [-0.4, -0.2) is 11.9 Å². The molecule has 1 nitrogen and oxygen atoms in total. The molecule has 0 aliphatic heterocycles. The summed E-state index contributed by atoms with van der Waals surface area (Å²) in [4.78, 5) is 0. The summed E-state index contributed by atoms with van der Waals surface area (Å²) in [6.45, 7) is 3.16. The highest BCUT2D eigenvalue weighted by Gasteiger charge is 2.18. The molecule has 0 aromatic heterocycles. The predicted molar refractivity (Wildman–Crippen MR) is 79.6 cm³/mol. The van der Waals surface area contributed by atoms with Crippen LogP contribution < -0.4 is 10.9 Å². The Labute approximate surface area is 117 Å². The van der Waals surface area contributed by atoms with Crippen LogP contribution in [0.3, 0.4) is 0 Å². The fourth-order valence-electron chi connectivity index (χ4n) is 1.75. The Morgan fingerprint density at radius 3 is 1.56 bits per heavy atom. The van der Waals surface area contributed by atoms with Crippen molar-refractivity contribution in [3.8, 4) is 0 Å². The minimum absolute atomic E-state index is 0.657. The van der Waals surface area contributed by atoms with E-state index in [1.807, 2.05) is 38.1 Å². The molecule has 18 heavy (non-hydrogen) atoms. The third-order valence-corrected chi connectivity index (χ3v) is 3.84. The standard InChI is InChI=1S/C14H13BCl2O/c1-9-3-5-11(7-13(9)16)15(18)12-6-4-10(2)14(17)8-12/h3-8,18H,1-2H3. The Balaban J connectivity index is 2.37. The molecule has 4 heteroatoms. The topological polar surface area (TPSA) is 20.2 Å². The second-order valence-corrected chi connectivity index (χ2v) is 5.23. The molecule has 0 radical (unpaired) electrons. The third-order valence-electron chi connectivity index (χ3n) is 3.02. The van der Waals surface area contributed by atoms with Crippen molar-refractivity contribution in [2.45, 2.75) is 13.8 Å². The van der Waals surface area contributed by atoms with Crippen molar-refractivity contribution in [1.82, 2.24) is 0 Å². The summed E-state index contributed by atoms with van der Waals surface area (Å²) in [6, 6.07) is 11.1. The van der Waals surface area contributed by atoms with Crippen molar-refractivity contribution in [3.63, 3.8) is 0 Å². The van der Waals surface area contributed by atoms with Crippen LogP contribution in [0.5, 0.6) is 0 Å². The molecule has 0 spiro atoms. The van der Waals surface area contributed by atoms with Gasteiger partial charge in [0.25, 0.3) is 0 Å². The van der Waals surface area contributed by atoms with Gasteiger partial charge in [0.05, 0.1) is 0 Å². The summed E-state index contributed by atoms with van der Waals surface area (Å²) in [5.74, 6) is 0. The molecule has 0 saturated heterocycles. The first kappa shape index (κ1) is 13.5. The molecule has 0 bridgehead atoms. The molecular formula is C14H13BCl2O. The van der Waals surface area contributed by atoms with Gasteiger partial charge in [-0.25, -0.2) is 0 Å². The van der Waals surface area contributed by atoms with Crippen molar-refractivity contribution >= 4 is 41.0 Å². The van der Waals surface area contributed by atoms with E-state index in [4.69, 9.17) is 23.2 Å². The van der Waals surface area contributed by atoms with Crippen LogP contribution in [-0.2, 0) is 0 Å². The minimum atomic E-state index is -0.707. The number of hydrogen-bond donors (Lipinski definition) is 1. The van der Waals surface area contributed by atoms with Gasteiger partial charge in [0.1, 0.15) is 0 Å². The number of benzene rings is 2. The molecule has 0 aliphatic rings. The normalized spacial score (nSPS) is 10.5. The smallest absolute Gasteiger partial charge is 0.359 e. The highest BCUT2D eigenvalue weighted by molar-refractivity contribution is 6.79. The van der Waals surface area contributed by atoms with E-state index in [-0.39, 0.29) is 0 Å². The molecule has 0 aliphatic carbocycles. The fourth-order valence-corrected chi connectivity index (χ4v) is 2.13. The summed E-state index contributed by atoms with van der Waals surface area (Å²) in [5.41, 5.74) is 3.53. The SMILES string of the molecule is Cc1ccc(B(O)c2ccc(C)c(Cl)c2)cc1Cl. The lowest BCUT2D eigenvalue weighted by Gasteiger charge is -2.10. The molecule has 1 N–H and O–H groups in total. The van der Waals surface area contributed by atoms with Crippen LogP contribution in [0.25, 0.3) is 0 Å². The van der Waals surface area contributed by atoms with E-state index < -0.39 is 6.92 Å². The average molecular weight is 279 g/mol. The maximum absolute atomic E-state index is 10.3.